The molecule has 0 aliphatic carbocycles. The molecule has 0 spiro atoms. The maximum atomic E-state index is 6.07. The van der Waals surface area contributed by atoms with Gasteiger partial charge in [0.25, 0.3) is 0 Å². The van der Waals surface area contributed by atoms with E-state index in [2.05, 4.69) is 49.5 Å². The highest BCUT2D eigenvalue weighted by Crippen LogP contribution is 2.20. The molecular formula is C15H30N4. The zero-order valence-electron chi connectivity index (χ0n) is 13.2. The Bertz CT molecular complexity index is 331. The van der Waals surface area contributed by atoms with E-state index in [1.807, 2.05) is 6.20 Å². The standard InChI is InChI=1S/C15H30N4/c1-6-7-14(17-12-13(16)15(2,3)4)19-10-8-18(5)9-11-19/h12H,6-11,16H2,1-5H3/b13-12-,17-14+. The first-order valence-electron chi connectivity index (χ1n) is 7.31. The number of nitrogens with two attached hydrogens (primary N) is 1. The van der Waals surface area contributed by atoms with Crippen LogP contribution in [0.2, 0.25) is 0 Å². The van der Waals surface area contributed by atoms with Crippen molar-refractivity contribution in [2.24, 2.45) is 16.1 Å². The Morgan fingerprint density at radius 1 is 1.21 bits per heavy atom. The van der Waals surface area contributed by atoms with E-state index in [0.29, 0.717) is 0 Å². The van der Waals surface area contributed by atoms with Gasteiger partial charge >= 0.3 is 0 Å². The lowest BCUT2D eigenvalue weighted by Crippen LogP contribution is -2.47. The van der Waals surface area contributed by atoms with Gasteiger partial charge in [-0.15, -0.1) is 0 Å². The van der Waals surface area contributed by atoms with Crippen molar-refractivity contribution in [2.45, 2.75) is 40.5 Å². The number of hydrogen-bond donors (Lipinski definition) is 1. The summed E-state index contributed by atoms with van der Waals surface area (Å²) in [5, 5.41) is 0. The molecule has 1 aliphatic heterocycles. The second-order valence-corrected chi connectivity index (χ2v) is 6.42. The minimum Gasteiger partial charge on any atom is -0.400 e. The van der Waals surface area contributed by atoms with Crippen molar-refractivity contribution in [2.75, 3.05) is 33.2 Å². The van der Waals surface area contributed by atoms with Gasteiger partial charge in [-0.2, -0.15) is 0 Å². The zero-order valence-corrected chi connectivity index (χ0v) is 13.2. The monoisotopic (exact) mass is 266 g/mol. The van der Waals surface area contributed by atoms with E-state index < -0.39 is 0 Å². The smallest absolute Gasteiger partial charge is 0.104 e. The first kappa shape index (κ1) is 16.0. The topological polar surface area (TPSA) is 44.9 Å². The van der Waals surface area contributed by atoms with Crippen LogP contribution in [0.25, 0.3) is 0 Å². The molecule has 2 N–H and O–H groups in total. The van der Waals surface area contributed by atoms with E-state index in [0.717, 1.165) is 44.7 Å². The first-order chi connectivity index (χ1) is 8.84. The van der Waals surface area contributed by atoms with Crippen molar-refractivity contribution in [3.63, 3.8) is 0 Å². The average molecular weight is 266 g/mol. The minimum absolute atomic E-state index is 0.0110. The molecule has 0 atom stereocenters. The van der Waals surface area contributed by atoms with E-state index in [9.17, 15) is 0 Å². The summed E-state index contributed by atoms with van der Waals surface area (Å²) in [6.07, 6.45) is 4.00. The van der Waals surface area contributed by atoms with Crippen LogP contribution >= 0.6 is 0 Å². The maximum absolute atomic E-state index is 6.07. The maximum Gasteiger partial charge on any atom is 0.104 e. The van der Waals surface area contributed by atoms with Crippen molar-refractivity contribution in [1.82, 2.24) is 9.80 Å². The van der Waals surface area contributed by atoms with Crippen LogP contribution in [-0.2, 0) is 0 Å². The van der Waals surface area contributed by atoms with Crippen molar-refractivity contribution in [1.29, 1.82) is 0 Å². The molecule has 0 bridgehead atoms. The molecule has 0 saturated carbocycles. The lowest BCUT2D eigenvalue weighted by Gasteiger charge is -2.34. The first-order valence-corrected chi connectivity index (χ1v) is 7.31. The summed E-state index contributed by atoms with van der Waals surface area (Å²) >= 11 is 0. The molecule has 0 aromatic heterocycles. The van der Waals surface area contributed by atoms with Crippen LogP contribution in [0.5, 0.6) is 0 Å². The van der Waals surface area contributed by atoms with Crippen LogP contribution in [-0.4, -0.2) is 48.9 Å². The number of rotatable bonds is 3. The molecule has 1 aliphatic rings. The predicted molar refractivity (Wildman–Crippen MR) is 83.1 cm³/mol. The fourth-order valence-corrected chi connectivity index (χ4v) is 1.93. The third-order valence-corrected chi connectivity index (χ3v) is 3.56. The van der Waals surface area contributed by atoms with Gasteiger partial charge in [0.2, 0.25) is 0 Å². The molecule has 1 heterocycles. The number of allylic oxidation sites excluding steroid dienone is 1. The van der Waals surface area contributed by atoms with E-state index in [1.54, 1.807) is 0 Å². The fraction of sp³-hybridized carbons (Fsp3) is 0.800. The van der Waals surface area contributed by atoms with Crippen LogP contribution in [0.1, 0.15) is 40.5 Å². The predicted octanol–water partition coefficient (Wildman–Crippen LogP) is 2.28. The van der Waals surface area contributed by atoms with Gasteiger partial charge in [-0.3, -0.25) is 0 Å². The number of amidine groups is 1. The van der Waals surface area contributed by atoms with Crippen LogP contribution in [0.3, 0.4) is 0 Å². The zero-order chi connectivity index (χ0) is 14.5. The minimum atomic E-state index is -0.0110. The Kier molecular flexibility index (Phi) is 5.85. The number of piperazine rings is 1. The quantitative estimate of drug-likeness (QED) is 0.629. The molecular weight excluding hydrogens is 236 g/mol. The molecule has 0 unspecified atom stereocenters. The van der Waals surface area contributed by atoms with Gasteiger partial charge in [0, 0.05) is 49.9 Å². The molecule has 110 valence electrons. The van der Waals surface area contributed by atoms with Gasteiger partial charge in [-0.05, 0) is 13.5 Å². The highest BCUT2D eigenvalue weighted by molar-refractivity contribution is 5.83. The van der Waals surface area contributed by atoms with E-state index in [-0.39, 0.29) is 5.41 Å². The molecule has 0 radical (unpaired) electrons. The van der Waals surface area contributed by atoms with Gasteiger partial charge in [0.05, 0.1) is 0 Å². The van der Waals surface area contributed by atoms with Gasteiger partial charge in [0.1, 0.15) is 5.84 Å². The largest absolute Gasteiger partial charge is 0.400 e. The SMILES string of the molecule is CCC/C(=N\C=C(/N)C(C)(C)C)N1CCN(C)CC1. The molecule has 1 rings (SSSR count). The third-order valence-electron chi connectivity index (χ3n) is 3.56. The van der Waals surface area contributed by atoms with Gasteiger partial charge < -0.3 is 15.5 Å². The van der Waals surface area contributed by atoms with Crippen LogP contribution in [0, 0.1) is 5.41 Å². The van der Waals surface area contributed by atoms with E-state index in [1.165, 1.54) is 5.84 Å². The summed E-state index contributed by atoms with van der Waals surface area (Å²) in [6.45, 7) is 12.9. The molecule has 19 heavy (non-hydrogen) atoms. The van der Waals surface area contributed by atoms with Crippen LogP contribution < -0.4 is 5.73 Å². The number of hydrogen-bond acceptors (Lipinski definition) is 3. The van der Waals surface area contributed by atoms with Crippen LogP contribution in [0.4, 0.5) is 0 Å². The number of likely N-dealkylation sites (N-methyl/N-ethyl adjacent to an activating group) is 1. The van der Waals surface area contributed by atoms with Gasteiger partial charge in [-0.1, -0.05) is 27.7 Å². The van der Waals surface area contributed by atoms with Gasteiger partial charge in [0.15, 0.2) is 0 Å². The molecule has 1 fully saturated rings. The third kappa shape index (κ3) is 5.23. The summed E-state index contributed by atoms with van der Waals surface area (Å²) < 4.78 is 0. The summed E-state index contributed by atoms with van der Waals surface area (Å²) in [5.41, 5.74) is 6.91. The van der Waals surface area contributed by atoms with Crippen molar-refractivity contribution in [3.05, 3.63) is 11.9 Å². The Hall–Kier alpha value is -1.03. The van der Waals surface area contributed by atoms with Gasteiger partial charge in [-0.25, -0.2) is 4.99 Å². The second-order valence-electron chi connectivity index (χ2n) is 6.42. The lowest BCUT2D eigenvalue weighted by molar-refractivity contribution is 0.213. The summed E-state index contributed by atoms with van der Waals surface area (Å²) in [5.74, 6) is 1.18. The summed E-state index contributed by atoms with van der Waals surface area (Å²) in [7, 11) is 2.17. The highest BCUT2D eigenvalue weighted by Gasteiger charge is 2.17. The Balaban J connectivity index is 2.77. The molecule has 4 nitrogen and oxygen atoms in total. The van der Waals surface area contributed by atoms with Crippen molar-refractivity contribution < 1.29 is 0 Å². The lowest BCUT2D eigenvalue weighted by atomic mass is 9.93. The molecule has 0 aromatic carbocycles. The second kappa shape index (κ2) is 6.94. The number of nitrogens with zero attached hydrogens (tertiary/aromatic N) is 3. The Labute approximate surface area is 118 Å². The molecule has 0 aromatic rings. The highest BCUT2D eigenvalue weighted by atomic mass is 15.3. The van der Waals surface area contributed by atoms with E-state index >= 15 is 0 Å². The summed E-state index contributed by atoms with van der Waals surface area (Å²) in [6, 6.07) is 0. The van der Waals surface area contributed by atoms with Crippen molar-refractivity contribution >= 4 is 5.84 Å². The normalized spacial score (nSPS) is 19.9. The molecule has 0 amide bonds. The summed E-state index contributed by atoms with van der Waals surface area (Å²) in [4.78, 5) is 9.42. The number of aliphatic imine (C=N–C) groups is 1. The molecule has 4 heteroatoms. The van der Waals surface area contributed by atoms with E-state index in [4.69, 9.17) is 5.73 Å². The Morgan fingerprint density at radius 3 is 2.26 bits per heavy atom. The fourth-order valence-electron chi connectivity index (χ4n) is 1.93. The van der Waals surface area contributed by atoms with Crippen LogP contribution in [0.15, 0.2) is 16.9 Å². The average Bonchev–Trinajstić information content (AvgIpc) is 2.34. The van der Waals surface area contributed by atoms with Crippen molar-refractivity contribution in [3.8, 4) is 0 Å². The molecule has 1 saturated heterocycles. The Morgan fingerprint density at radius 2 is 1.79 bits per heavy atom.